The molecule has 1 unspecified atom stereocenters. The zero-order valence-electron chi connectivity index (χ0n) is 25.2. The van der Waals surface area contributed by atoms with Gasteiger partial charge in [-0.25, -0.2) is 0 Å². The van der Waals surface area contributed by atoms with Crippen LogP contribution in [0.2, 0.25) is 0 Å². The Hall–Kier alpha value is -0.930. The highest BCUT2D eigenvalue weighted by molar-refractivity contribution is 5.95. The minimum Gasteiger partial charge on any atom is -0.353 e. The van der Waals surface area contributed by atoms with Crippen molar-refractivity contribution in [2.24, 2.45) is 56.7 Å². The van der Waals surface area contributed by atoms with E-state index in [4.69, 9.17) is 9.47 Å². The van der Waals surface area contributed by atoms with Crippen molar-refractivity contribution in [2.75, 3.05) is 13.2 Å². The van der Waals surface area contributed by atoms with Crippen LogP contribution in [0.25, 0.3) is 0 Å². The summed E-state index contributed by atoms with van der Waals surface area (Å²) in [5.41, 5.74) is 2.14. The lowest BCUT2D eigenvalue weighted by atomic mass is 9.33. The second-order valence-electron chi connectivity index (χ2n) is 15.9. The molecule has 0 radical (unpaired) electrons. The van der Waals surface area contributed by atoms with Crippen molar-refractivity contribution < 1.29 is 14.3 Å². The Bertz CT molecular complexity index is 1000. The molecule has 38 heavy (non-hydrogen) atoms. The summed E-state index contributed by atoms with van der Waals surface area (Å²) in [6, 6.07) is 0. The Kier molecular flexibility index (Phi) is 6.48. The maximum atomic E-state index is 13.0. The van der Waals surface area contributed by atoms with Gasteiger partial charge in [0.15, 0.2) is 12.1 Å². The Labute approximate surface area is 232 Å². The molecule has 5 aliphatic carbocycles. The predicted octanol–water partition coefficient (Wildman–Crippen LogP) is 8.53. The van der Waals surface area contributed by atoms with Crippen molar-refractivity contribution in [3.63, 3.8) is 0 Å². The van der Waals surface area contributed by atoms with E-state index in [1.54, 1.807) is 0 Å². The minimum atomic E-state index is -0.251. The fourth-order valence-electron chi connectivity index (χ4n) is 11.9. The van der Waals surface area contributed by atoms with Gasteiger partial charge in [0.1, 0.15) is 0 Å². The van der Waals surface area contributed by atoms with E-state index in [0.717, 1.165) is 25.6 Å². The van der Waals surface area contributed by atoms with Gasteiger partial charge in [-0.2, -0.15) is 0 Å². The molecule has 4 saturated carbocycles. The third kappa shape index (κ3) is 3.62. The van der Waals surface area contributed by atoms with Gasteiger partial charge in [0.25, 0.3) is 0 Å². The van der Waals surface area contributed by atoms with E-state index >= 15 is 0 Å². The SMILES string of the molecule is C=C(C)[C@@H]1CC[C@]2(COC3CCCCO3)CC[C@]3(C)[C@H](CC[C@@H]4[C@@]5(C)C=CC(=O)C(C)(C)[C@@H]5CC[C@]43C)[C@@H]12. The van der Waals surface area contributed by atoms with Gasteiger partial charge in [-0.1, -0.05) is 52.8 Å². The van der Waals surface area contributed by atoms with Crippen LogP contribution in [-0.2, 0) is 14.3 Å². The number of fused-ring (bicyclic) bond motifs is 7. The third-order valence-electron chi connectivity index (χ3n) is 14.2. The monoisotopic (exact) mass is 522 g/mol. The zero-order chi connectivity index (χ0) is 27.1. The average Bonchev–Trinajstić information content (AvgIpc) is 3.27. The molecule has 0 aromatic carbocycles. The van der Waals surface area contributed by atoms with Crippen molar-refractivity contribution in [1.82, 2.24) is 0 Å². The zero-order valence-corrected chi connectivity index (χ0v) is 25.2. The van der Waals surface area contributed by atoms with Gasteiger partial charge in [-0.05, 0) is 135 Å². The van der Waals surface area contributed by atoms with Crippen LogP contribution >= 0.6 is 0 Å². The molecule has 0 bridgehead atoms. The van der Waals surface area contributed by atoms with Crippen molar-refractivity contribution in [1.29, 1.82) is 0 Å². The Morgan fingerprint density at radius 3 is 2.45 bits per heavy atom. The Balaban J connectivity index is 1.34. The van der Waals surface area contributed by atoms with Crippen LogP contribution in [0.5, 0.6) is 0 Å². The summed E-state index contributed by atoms with van der Waals surface area (Å²) in [6.45, 7) is 20.9. The number of allylic oxidation sites excluding steroid dienone is 3. The van der Waals surface area contributed by atoms with Crippen LogP contribution in [0.1, 0.15) is 112 Å². The van der Waals surface area contributed by atoms with Gasteiger partial charge >= 0.3 is 0 Å². The molecule has 0 spiro atoms. The number of ketones is 1. The molecule has 1 aliphatic heterocycles. The molecule has 3 nitrogen and oxygen atoms in total. The maximum Gasteiger partial charge on any atom is 0.161 e. The van der Waals surface area contributed by atoms with E-state index < -0.39 is 0 Å². The average molecular weight is 523 g/mol. The highest BCUT2D eigenvalue weighted by Crippen LogP contribution is 2.76. The molecule has 5 fully saturated rings. The smallest absolute Gasteiger partial charge is 0.161 e. The normalized spacial score (nSPS) is 51.5. The highest BCUT2D eigenvalue weighted by Gasteiger charge is 2.70. The molecule has 3 heteroatoms. The predicted molar refractivity (Wildman–Crippen MR) is 153 cm³/mol. The van der Waals surface area contributed by atoms with Crippen LogP contribution < -0.4 is 0 Å². The van der Waals surface area contributed by atoms with E-state index in [1.807, 2.05) is 6.08 Å². The number of rotatable bonds is 4. The molecule has 0 amide bonds. The fourth-order valence-corrected chi connectivity index (χ4v) is 11.9. The van der Waals surface area contributed by atoms with E-state index in [9.17, 15) is 4.79 Å². The third-order valence-corrected chi connectivity index (χ3v) is 14.2. The molecule has 10 atom stereocenters. The van der Waals surface area contributed by atoms with Crippen LogP contribution in [-0.4, -0.2) is 25.3 Å². The van der Waals surface area contributed by atoms with Gasteiger partial charge in [-0.3, -0.25) is 4.79 Å². The van der Waals surface area contributed by atoms with E-state index in [2.05, 4.69) is 54.2 Å². The van der Waals surface area contributed by atoms with E-state index in [0.29, 0.717) is 40.3 Å². The minimum absolute atomic E-state index is 0.00333. The number of hydrogen-bond donors (Lipinski definition) is 0. The summed E-state index contributed by atoms with van der Waals surface area (Å²) in [5.74, 6) is 3.44. The largest absolute Gasteiger partial charge is 0.353 e. The van der Waals surface area contributed by atoms with Crippen LogP contribution in [0.4, 0.5) is 0 Å². The summed E-state index contributed by atoms with van der Waals surface area (Å²) >= 11 is 0. The van der Waals surface area contributed by atoms with Gasteiger partial charge in [0.2, 0.25) is 0 Å². The number of carbonyl (C=O) groups excluding carboxylic acids is 1. The molecule has 1 heterocycles. The second kappa shape index (κ2) is 9.04. The number of hydrogen-bond acceptors (Lipinski definition) is 3. The first-order valence-electron chi connectivity index (χ1n) is 16.0. The van der Waals surface area contributed by atoms with Crippen molar-refractivity contribution in [2.45, 2.75) is 118 Å². The fraction of sp³-hybridized carbons (Fsp3) is 0.857. The quantitative estimate of drug-likeness (QED) is 0.347. The molecule has 1 saturated heterocycles. The van der Waals surface area contributed by atoms with Crippen molar-refractivity contribution in [3.05, 3.63) is 24.3 Å². The summed E-state index contributed by atoms with van der Waals surface area (Å²) < 4.78 is 12.6. The van der Waals surface area contributed by atoms with Crippen LogP contribution in [0.15, 0.2) is 24.3 Å². The molecular formula is C35H54O3. The van der Waals surface area contributed by atoms with Gasteiger partial charge in [0, 0.05) is 12.0 Å². The maximum absolute atomic E-state index is 13.0. The Morgan fingerprint density at radius 1 is 0.947 bits per heavy atom. The first-order valence-corrected chi connectivity index (χ1v) is 16.0. The van der Waals surface area contributed by atoms with Crippen molar-refractivity contribution >= 4 is 5.78 Å². The standard InChI is InChI=1S/C35H54O3/c1-23(2)24-13-18-35(22-38-29-10-8-9-21-37-29)20-19-33(6)25(30(24)35)11-12-27-32(5)16-15-28(36)31(3,4)26(32)14-17-34(27,33)7/h15-16,24-27,29-30H,1,8-14,17-22H2,2-7H3/t24-,25+,26-,27+,29?,30+,32-,33+,34+,35+/m0/s1. The van der Waals surface area contributed by atoms with Gasteiger partial charge < -0.3 is 9.47 Å². The van der Waals surface area contributed by atoms with Gasteiger partial charge in [0.05, 0.1) is 6.61 Å². The van der Waals surface area contributed by atoms with Crippen LogP contribution in [0.3, 0.4) is 0 Å². The molecule has 0 N–H and O–H groups in total. The second-order valence-corrected chi connectivity index (χ2v) is 15.9. The molecule has 0 aromatic rings. The summed E-state index contributed by atoms with van der Waals surface area (Å²) in [6.07, 6.45) is 18.0. The first kappa shape index (κ1) is 27.3. The number of ether oxygens (including phenoxy) is 2. The number of carbonyl (C=O) groups is 1. The highest BCUT2D eigenvalue weighted by atomic mass is 16.7. The molecular weight excluding hydrogens is 468 g/mol. The molecule has 6 aliphatic rings. The Morgan fingerprint density at radius 2 is 1.74 bits per heavy atom. The lowest BCUT2D eigenvalue weighted by Crippen LogP contribution is -2.65. The topological polar surface area (TPSA) is 35.5 Å². The summed E-state index contributed by atoms with van der Waals surface area (Å²) in [7, 11) is 0. The van der Waals surface area contributed by atoms with Crippen molar-refractivity contribution in [3.8, 4) is 0 Å². The summed E-state index contributed by atoms with van der Waals surface area (Å²) in [5, 5.41) is 0. The lowest BCUT2D eigenvalue weighted by molar-refractivity contribution is -0.235. The summed E-state index contributed by atoms with van der Waals surface area (Å²) in [4.78, 5) is 13.0. The molecule has 0 aromatic heterocycles. The van der Waals surface area contributed by atoms with Crippen LogP contribution in [0, 0.1) is 56.7 Å². The van der Waals surface area contributed by atoms with Gasteiger partial charge in [-0.15, -0.1) is 0 Å². The molecule has 212 valence electrons. The van der Waals surface area contributed by atoms with E-state index in [-0.39, 0.29) is 22.5 Å². The lowest BCUT2D eigenvalue weighted by Gasteiger charge is -2.71. The van der Waals surface area contributed by atoms with E-state index in [1.165, 1.54) is 69.8 Å². The first-order chi connectivity index (χ1) is 17.9. The molecule has 6 rings (SSSR count).